The summed E-state index contributed by atoms with van der Waals surface area (Å²) in [4.78, 5) is -0.00531. The fourth-order valence-electron chi connectivity index (χ4n) is 1.80. The lowest BCUT2D eigenvalue weighted by Gasteiger charge is -2.04. The van der Waals surface area contributed by atoms with E-state index >= 15 is 0 Å². The standard InChI is InChI=1S/C15H21ClO3S/c1-2-3-4-5-6-7-10-13-19-14-11-8-9-12-15(14)20(16,17)18/h8-13H,2-7H2,1H3. The Labute approximate surface area is 126 Å². The number of halogens is 1. The summed E-state index contributed by atoms with van der Waals surface area (Å²) in [6.07, 6.45) is 10.5. The Balaban J connectivity index is 2.42. The summed E-state index contributed by atoms with van der Waals surface area (Å²) in [7, 11) is 1.57. The first-order chi connectivity index (χ1) is 9.55. The molecule has 0 heterocycles. The van der Waals surface area contributed by atoms with Crippen LogP contribution in [0.3, 0.4) is 0 Å². The number of hydrogen-bond donors (Lipinski definition) is 0. The highest BCUT2D eigenvalue weighted by molar-refractivity contribution is 8.13. The molecule has 0 N–H and O–H groups in total. The number of benzene rings is 1. The molecule has 1 aromatic carbocycles. The second kappa shape index (κ2) is 9.03. The van der Waals surface area contributed by atoms with E-state index in [2.05, 4.69) is 6.92 Å². The zero-order valence-electron chi connectivity index (χ0n) is 11.7. The Hall–Kier alpha value is -1.00. The monoisotopic (exact) mass is 316 g/mol. The van der Waals surface area contributed by atoms with Crippen LogP contribution < -0.4 is 4.74 Å². The fourth-order valence-corrected chi connectivity index (χ4v) is 2.78. The number of para-hydroxylation sites is 1. The lowest BCUT2D eigenvalue weighted by molar-refractivity contribution is 0.463. The molecule has 0 amide bonds. The summed E-state index contributed by atoms with van der Waals surface area (Å²) in [6.45, 7) is 2.19. The normalized spacial score (nSPS) is 11.9. The highest BCUT2D eigenvalue weighted by Crippen LogP contribution is 2.26. The van der Waals surface area contributed by atoms with Crippen molar-refractivity contribution in [1.29, 1.82) is 0 Å². The van der Waals surface area contributed by atoms with E-state index in [1.165, 1.54) is 38.0 Å². The summed E-state index contributed by atoms with van der Waals surface area (Å²) in [5.41, 5.74) is 0. The third-order valence-corrected chi connectivity index (χ3v) is 4.24. The van der Waals surface area contributed by atoms with Crippen LogP contribution in [0.4, 0.5) is 0 Å². The van der Waals surface area contributed by atoms with Crippen molar-refractivity contribution in [3.05, 3.63) is 36.6 Å². The molecule has 112 valence electrons. The molecule has 0 aliphatic carbocycles. The maximum absolute atomic E-state index is 11.4. The van der Waals surface area contributed by atoms with Crippen LogP contribution in [-0.2, 0) is 9.05 Å². The highest BCUT2D eigenvalue weighted by Gasteiger charge is 2.15. The molecule has 20 heavy (non-hydrogen) atoms. The summed E-state index contributed by atoms with van der Waals surface area (Å²) < 4.78 is 28.0. The first-order valence-corrected chi connectivity index (χ1v) is 9.22. The van der Waals surface area contributed by atoms with Crippen LogP contribution in [0.15, 0.2) is 41.5 Å². The summed E-state index contributed by atoms with van der Waals surface area (Å²) >= 11 is 0. The van der Waals surface area contributed by atoms with Gasteiger partial charge in [0.1, 0.15) is 10.6 Å². The van der Waals surface area contributed by atoms with E-state index in [4.69, 9.17) is 15.4 Å². The van der Waals surface area contributed by atoms with Crippen molar-refractivity contribution in [3.8, 4) is 5.75 Å². The lowest BCUT2D eigenvalue weighted by Crippen LogP contribution is -1.94. The van der Waals surface area contributed by atoms with Crippen molar-refractivity contribution in [2.24, 2.45) is 0 Å². The van der Waals surface area contributed by atoms with E-state index in [9.17, 15) is 8.42 Å². The molecule has 5 heteroatoms. The van der Waals surface area contributed by atoms with Gasteiger partial charge in [-0.05, 0) is 31.1 Å². The molecule has 0 atom stereocenters. The lowest BCUT2D eigenvalue weighted by atomic mass is 10.1. The topological polar surface area (TPSA) is 43.4 Å². The minimum Gasteiger partial charge on any atom is -0.464 e. The van der Waals surface area contributed by atoms with Crippen LogP contribution >= 0.6 is 10.7 Å². The maximum atomic E-state index is 11.4. The molecular formula is C15H21ClO3S. The van der Waals surface area contributed by atoms with E-state index in [1.807, 2.05) is 6.08 Å². The van der Waals surface area contributed by atoms with Gasteiger partial charge in [-0.15, -0.1) is 0 Å². The molecule has 0 saturated heterocycles. The van der Waals surface area contributed by atoms with Gasteiger partial charge in [-0.3, -0.25) is 0 Å². The van der Waals surface area contributed by atoms with E-state index in [-0.39, 0.29) is 10.6 Å². The fraction of sp³-hybridized carbons (Fsp3) is 0.467. The van der Waals surface area contributed by atoms with E-state index in [0.29, 0.717) is 0 Å². The van der Waals surface area contributed by atoms with E-state index < -0.39 is 9.05 Å². The molecule has 0 unspecified atom stereocenters. The molecule has 0 radical (unpaired) electrons. The van der Waals surface area contributed by atoms with Gasteiger partial charge in [-0.1, -0.05) is 44.7 Å². The van der Waals surface area contributed by atoms with Gasteiger partial charge in [0.05, 0.1) is 6.26 Å². The van der Waals surface area contributed by atoms with Gasteiger partial charge < -0.3 is 4.74 Å². The van der Waals surface area contributed by atoms with Gasteiger partial charge in [-0.2, -0.15) is 0 Å². The zero-order valence-corrected chi connectivity index (χ0v) is 13.3. The van der Waals surface area contributed by atoms with Crippen molar-refractivity contribution in [1.82, 2.24) is 0 Å². The number of allylic oxidation sites excluding steroid dienone is 1. The van der Waals surface area contributed by atoms with Crippen LogP contribution in [0.1, 0.15) is 45.4 Å². The van der Waals surface area contributed by atoms with Crippen LogP contribution in [0.25, 0.3) is 0 Å². The Morgan fingerprint density at radius 3 is 2.55 bits per heavy atom. The zero-order chi connectivity index (χ0) is 14.8. The molecule has 0 aromatic heterocycles. The van der Waals surface area contributed by atoms with Crippen LogP contribution in [0.5, 0.6) is 5.75 Å². The Morgan fingerprint density at radius 2 is 1.85 bits per heavy atom. The van der Waals surface area contributed by atoms with Crippen LogP contribution in [-0.4, -0.2) is 8.42 Å². The van der Waals surface area contributed by atoms with Crippen molar-refractivity contribution >= 4 is 19.7 Å². The molecule has 3 nitrogen and oxygen atoms in total. The predicted molar refractivity (Wildman–Crippen MR) is 82.6 cm³/mol. The summed E-state index contributed by atoms with van der Waals surface area (Å²) in [6, 6.07) is 6.33. The maximum Gasteiger partial charge on any atom is 0.265 e. The van der Waals surface area contributed by atoms with Crippen molar-refractivity contribution in [2.45, 2.75) is 50.3 Å². The van der Waals surface area contributed by atoms with Crippen LogP contribution in [0.2, 0.25) is 0 Å². The van der Waals surface area contributed by atoms with Gasteiger partial charge in [-0.25, -0.2) is 8.42 Å². The molecule has 0 aliphatic rings. The molecular weight excluding hydrogens is 296 g/mol. The second-order valence-corrected chi connectivity index (χ2v) is 7.11. The van der Waals surface area contributed by atoms with Gasteiger partial charge in [0.15, 0.2) is 0 Å². The summed E-state index contributed by atoms with van der Waals surface area (Å²) in [5.74, 6) is 0.254. The molecule has 0 aliphatic heterocycles. The average Bonchev–Trinajstić information content (AvgIpc) is 2.41. The highest BCUT2D eigenvalue weighted by atomic mass is 35.7. The molecule has 0 fully saturated rings. The SMILES string of the molecule is CCCCCCCC=COc1ccccc1S(=O)(=O)Cl. The number of rotatable bonds is 9. The first kappa shape index (κ1) is 17.1. The van der Waals surface area contributed by atoms with Gasteiger partial charge in [0.25, 0.3) is 9.05 Å². The number of hydrogen-bond acceptors (Lipinski definition) is 3. The largest absolute Gasteiger partial charge is 0.464 e. The Morgan fingerprint density at radius 1 is 1.15 bits per heavy atom. The smallest absolute Gasteiger partial charge is 0.265 e. The second-order valence-electron chi connectivity index (χ2n) is 4.58. The predicted octanol–water partition coefficient (Wildman–Crippen LogP) is 4.87. The van der Waals surface area contributed by atoms with Crippen molar-refractivity contribution in [3.63, 3.8) is 0 Å². The Bertz CT molecular complexity index is 524. The quantitative estimate of drug-likeness (QED) is 0.371. The third-order valence-electron chi connectivity index (χ3n) is 2.88. The van der Waals surface area contributed by atoms with Gasteiger partial charge in [0.2, 0.25) is 0 Å². The molecule has 0 bridgehead atoms. The van der Waals surface area contributed by atoms with Crippen molar-refractivity contribution < 1.29 is 13.2 Å². The summed E-state index contributed by atoms with van der Waals surface area (Å²) in [5, 5.41) is 0. The van der Waals surface area contributed by atoms with Crippen molar-refractivity contribution in [2.75, 3.05) is 0 Å². The minimum absolute atomic E-state index is 0.00531. The van der Waals surface area contributed by atoms with E-state index in [0.717, 1.165) is 12.8 Å². The third kappa shape index (κ3) is 6.44. The van der Waals surface area contributed by atoms with Gasteiger partial charge >= 0.3 is 0 Å². The molecule has 1 rings (SSSR count). The molecule has 0 saturated carbocycles. The minimum atomic E-state index is -3.78. The number of unbranched alkanes of at least 4 members (excludes halogenated alkanes) is 5. The Kier molecular flexibility index (Phi) is 7.70. The average molecular weight is 317 g/mol. The molecule has 1 aromatic rings. The molecule has 0 spiro atoms. The van der Waals surface area contributed by atoms with Crippen LogP contribution in [0, 0.1) is 0 Å². The van der Waals surface area contributed by atoms with Gasteiger partial charge in [0, 0.05) is 10.7 Å². The van der Waals surface area contributed by atoms with E-state index in [1.54, 1.807) is 18.2 Å². The number of ether oxygens (including phenoxy) is 1. The first-order valence-electron chi connectivity index (χ1n) is 6.91.